The van der Waals surface area contributed by atoms with Crippen molar-refractivity contribution in [3.8, 4) is 34.0 Å². The SMILES string of the molecule is c1ccc(-n2c3ccccc3c3cc(-c4ccc5c6ccccc6n(-c6nc7c8c(cccc8n6)Sc6ccccc6-7)c5c4)ccc32)cc1. The van der Waals surface area contributed by atoms with Crippen molar-refractivity contribution >= 4 is 66.3 Å². The minimum absolute atomic E-state index is 0.686. The van der Waals surface area contributed by atoms with E-state index < -0.39 is 0 Å². The van der Waals surface area contributed by atoms with Crippen LogP contribution in [0.1, 0.15) is 0 Å². The molecule has 0 unspecified atom stereocenters. The Morgan fingerprint density at radius 1 is 0.429 bits per heavy atom. The van der Waals surface area contributed by atoms with Gasteiger partial charge in [-0.25, -0.2) is 9.97 Å². The van der Waals surface area contributed by atoms with Crippen LogP contribution in [0.25, 0.3) is 88.5 Å². The minimum atomic E-state index is 0.686. The predicted octanol–water partition coefficient (Wildman–Crippen LogP) is 11.6. The molecule has 3 aromatic heterocycles. The van der Waals surface area contributed by atoms with Crippen molar-refractivity contribution in [2.75, 3.05) is 0 Å². The molecule has 5 heteroatoms. The standard InChI is InChI=1S/C44H26N4S/c1-2-11-29(12-3-1)47-36-17-7-5-14-31(36)34-25-27(22-24-38(34)47)28-21-23-32-30-13-4-8-18-37(30)48(39(32)26-28)44-45-35-16-10-20-41-42(35)43(46-44)33-15-6-9-19-40(33)49-41/h1-26H. The largest absolute Gasteiger partial charge is 0.309 e. The van der Waals surface area contributed by atoms with Gasteiger partial charge >= 0.3 is 0 Å². The summed E-state index contributed by atoms with van der Waals surface area (Å²) in [5.74, 6) is 0.686. The lowest BCUT2D eigenvalue weighted by molar-refractivity contribution is 1.01. The van der Waals surface area contributed by atoms with Crippen molar-refractivity contribution < 1.29 is 0 Å². The van der Waals surface area contributed by atoms with Gasteiger partial charge in [0, 0.05) is 48.0 Å². The number of benzene rings is 7. The molecule has 1 aliphatic rings. The zero-order chi connectivity index (χ0) is 32.1. The van der Waals surface area contributed by atoms with Crippen LogP contribution < -0.4 is 0 Å². The molecule has 49 heavy (non-hydrogen) atoms. The van der Waals surface area contributed by atoms with Gasteiger partial charge in [-0.1, -0.05) is 109 Å². The molecule has 0 aliphatic carbocycles. The van der Waals surface area contributed by atoms with Crippen LogP contribution >= 0.6 is 11.8 Å². The summed E-state index contributed by atoms with van der Waals surface area (Å²) in [7, 11) is 0. The molecule has 0 fully saturated rings. The van der Waals surface area contributed by atoms with Crippen molar-refractivity contribution in [1.29, 1.82) is 0 Å². The number of para-hydroxylation sites is 3. The summed E-state index contributed by atoms with van der Waals surface area (Å²) in [5, 5.41) is 5.98. The van der Waals surface area contributed by atoms with Gasteiger partial charge in [0.1, 0.15) is 0 Å². The highest BCUT2D eigenvalue weighted by atomic mass is 32.2. The molecule has 11 rings (SSSR count). The molecule has 0 saturated carbocycles. The maximum atomic E-state index is 5.36. The first-order valence-corrected chi connectivity index (χ1v) is 17.3. The van der Waals surface area contributed by atoms with Crippen LogP contribution in [0.4, 0.5) is 0 Å². The Hall–Kier alpha value is -6.17. The Bertz CT molecular complexity index is 2970. The third-order valence-corrected chi connectivity index (χ3v) is 11.1. The molecule has 4 nitrogen and oxygen atoms in total. The molecule has 0 amide bonds. The van der Waals surface area contributed by atoms with E-state index in [0.29, 0.717) is 5.95 Å². The van der Waals surface area contributed by atoms with Gasteiger partial charge in [0.15, 0.2) is 0 Å². The molecule has 7 aromatic carbocycles. The fourth-order valence-electron chi connectivity index (χ4n) is 7.76. The molecule has 0 spiro atoms. The number of hydrogen-bond donors (Lipinski definition) is 0. The zero-order valence-electron chi connectivity index (χ0n) is 26.2. The van der Waals surface area contributed by atoms with Crippen LogP contribution in [-0.4, -0.2) is 19.1 Å². The van der Waals surface area contributed by atoms with Crippen LogP contribution in [0.2, 0.25) is 0 Å². The first-order valence-electron chi connectivity index (χ1n) is 16.5. The minimum Gasteiger partial charge on any atom is -0.309 e. The summed E-state index contributed by atoms with van der Waals surface area (Å²) < 4.78 is 4.61. The van der Waals surface area contributed by atoms with Crippen LogP contribution in [0.15, 0.2) is 168 Å². The molecule has 0 saturated heterocycles. The number of rotatable bonds is 3. The van der Waals surface area contributed by atoms with Crippen LogP contribution in [0.5, 0.6) is 0 Å². The van der Waals surface area contributed by atoms with Crippen molar-refractivity contribution in [3.63, 3.8) is 0 Å². The van der Waals surface area contributed by atoms with Gasteiger partial charge in [0.05, 0.1) is 33.3 Å². The number of hydrogen-bond acceptors (Lipinski definition) is 3. The maximum absolute atomic E-state index is 5.36. The van der Waals surface area contributed by atoms with Crippen LogP contribution in [-0.2, 0) is 0 Å². The van der Waals surface area contributed by atoms with E-state index in [4.69, 9.17) is 9.97 Å². The number of nitrogens with zero attached hydrogens (tertiary/aromatic N) is 4. The maximum Gasteiger partial charge on any atom is 0.235 e. The van der Waals surface area contributed by atoms with Crippen LogP contribution in [0.3, 0.4) is 0 Å². The predicted molar refractivity (Wildman–Crippen MR) is 203 cm³/mol. The Morgan fingerprint density at radius 3 is 1.96 bits per heavy atom. The lowest BCUT2D eigenvalue weighted by Crippen LogP contribution is -2.05. The third kappa shape index (κ3) is 3.88. The van der Waals surface area contributed by atoms with Crippen molar-refractivity contribution in [3.05, 3.63) is 158 Å². The lowest BCUT2D eigenvalue weighted by atomic mass is 10.0. The average Bonchev–Trinajstić information content (AvgIpc) is 3.67. The highest BCUT2D eigenvalue weighted by Gasteiger charge is 2.24. The normalized spacial score (nSPS) is 12.4. The van der Waals surface area contributed by atoms with E-state index in [0.717, 1.165) is 44.4 Å². The summed E-state index contributed by atoms with van der Waals surface area (Å²) in [6.07, 6.45) is 0. The molecular weight excluding hydrogens is 617 g/mol. The fourth-order valence-corrected chi connectivity index (χ4v) is 8.87. The summed E-state index contributed by atoms with van der Waals surface area (Å²) in [5.41, 5.74) is 11.2. The van der Waals surface area contributed by atoms with Crippen molar-refractivity contribution in [1.82, 2.24) is 19.1 Å². The van der Waals surface area contributed by atoms with Gasteiger partial charge in [-0.15, -0.1) is 0 Å². The number of aromatic nitrogens is 4. The molecule has 228 valence electrons. The van der Waals surface area contributed by atoms with Crippen molar-refractivity contribution in [2.45, 2.75) is 9.79 Å². The van der Waals surface area contributed by atoms with Gasteiger partial charge in [0.25, 0.3) is 0 Å². The molecule has 0 bridgehead atoms. The smallest absolute Gasteiger partial charge is 0.235 e. The molecule has 0 atom stereocenters. The van der Waals surface area contributed by atoms with E-state index in [1.807, 2.05) is 0 Å². The molecule has 0 N–H and O–H groups in total. The van der Waals surface area contributed by atoms with E-state index in [-0.39, 0.29) is 0 Å². The molecule has 10 aromatic rings. The average molecular weight is 643 g/mol. The van der Waals surface area contributed by atoms with Gasteiger partial charge in [-0.05, 0) is 71.8 Å². The fraction of sp³-hybridized carbons (Fsp3) is 0. The second-order valence-electron chi connectivity index (χ2n) is 12.6. The molecule has 1 aliphatic heterocycles. The van der Waals surface area contributed by atoms with Gasteiger partial charge < -0.3 is 4.57 Å². The van der Waals surface area contributed by atoms with E-state index in [1.165, 1.54) is 47.9 Å². The first kappa shape index (κ1) is 26.9. The van der Waals surface area contributed by atoms with E-state index in [2.05, 4.69) is 167 Å². The van der Waals surface area contributed by atoms with Gasteiger partial charge in [-0.2, -0.15) is 0 Å². The van der Waals surface area contributed by atoms with Gasteiger partial charge in [0.2, 0.25) is 5.95 Å². The Balaban J connectivity index is 1.16. The second-order valence-corrected chi connectivity index (χ2v) is 13.7. The second kappa shape index (κ2) is 10.2. The highest BCUT2D eigenvalue weighted by molar-refractivity contribution is 7.99. The summed E-state index contributed by atoms with van der Waals surface area (Å²) >= 11 is 1.80. The quantitative estimate of drug-likeness (QED) is 0.192. The summed E-state index contributed by atoms with van der Waals surface area (Å²) in [4.78, 5) is 13.0. The monoisotopic (exact) mass is 642 g/mol. The Kier molecular flexibility index (Phi) is 5.57. The molecular formula is C44H26N4S. The zero-order valence-corrected chi connectivity index (χ0v) is 27.0. The van der Waals surface area contributed by atoms with E-state index in [9.17, 15) is 0 Å². The third-order valence-electron chi connectivity index (χ3n) is 9.93. The molecule has 0 radical (unpaired) electrons. The Labute approximate surface area is 285 Å². The van der Waals surface area contributed by atoms with Crippen LogP contribution in [0, 0.1) is 0 Å². The first-order chi connectivity index (χ1) is 24.3. The lowest BCUT2D eigenvalue weighted by Gasteiger charge is -2.20. The van der Waals surface area contributed by atoms with E-state index in [1.54, 1.807) is 11.8 Å². The Morgan fingerprint density at radius 2 is 1.08 bits per heavy atom. The topological polar surface area (TPSA) is 35.6 Å². The highest BCUT2D eigenvalue weighted by Crippen LogP contribution is 2.47. The van der Waals surface area contributed by atoms with E-state index >= 15 is 0 Å². The van der Waals surface area contributed by atoms with Crippen molar-refractivity contribution in [2.24, 2.45) is 0 Å². The molecule has 4 heterocycles. The summed E-state index contributed by atoms with van der Waals surface area (Å²) in [6, 6.07) is 56.6. The summed E-state index contributed by atoms with van der Waals surface area (Å²) in [6.45, 7) is 0. The van der Waals surface area contributed by atoms with Gasteiger partial charge in [-0.3, -0.25) is 4.57 Å². The number of fused-ring (bicyclic) bond motifs is 8.